The van der Waals surface area contributed by atoms with Crippen LogP contribution in [0.1, 0.15) is 18.4 Å². The minimum absolute atomic E-state index is 0.309. The lowest BCUT2D eigenvalue weighted by atomic mass is 10.1. The van der Waals surface area contributed by atoms with Crippen LogP contribution in [0.2, 0.25) is 0 Å². The van der Waals surface area contributed by atoms with Gasteiger partial charge in [0.2, 0.25) is 0 Å². The monoisotopic (exact) mass is 241 g/mol. The van der Waals surface area contributed by atoms with E-state index in [0.717, 1.165) is 32.0 Å². The highest BCUT2D eigenvalue weighted by Crippen LogP contribution is 2.18. The number of nitrogens with zero attached hydrogens (tertiary/aromatic N) is 1. The van der Waals surface area contributed by atoms with Gasteiger partial charge in [0.05, 0.1) is 6.10 Å². The lowest BCUT2D eigenvalue weighted by molar-refractivity contribution is 0.0385. The predicted octanol–water partition coefficient (Wildman–Crippen LogP) is 2.58. The van der Waals surface area contributed by atoms with Gasteiger partial charge >= 0.3 is 0 Å². The maximum Gasteiger partial charge on any atom is 0.163 e. The average Bonchev–Trinajstić information content (AvgIpc) is 2.36. The SMILES string of the molecule is COC1CCN(Cc2cccc(F)c2F)CC1. The highest BCUT2D eigenvalue weighted by atomic mass is 19.2. The third-order valence-corrected chi connectivity index (χ3v) is 3.29. The Kier molecular flexibility index (Phi) is 4.07. The summed E-state index contributed by atoms with van der Waals surface area (Å²) in [7, 11) is 1.71. The standard InChI is InChI=1S/C13H17F2NO/c1-17-11-5-7-16(8-6-11)9-10-3-2-4-12(14)13(10)15/h2-4,11H,5-9H2,1H3. The number of ether oxygens (including phenoxy) is 1. The average molecular weight is 241 g/mol. The molecule has 1 aromatic rings. The Bertz CT molecular complexity index is 376. The fourth-order valence-corrected chi connectivity index (χ4v) is 2.21. The van der Waals surface area contributed by atoms with Gasteiger partial charge in [0.1, 0.15) is 0 Å². The highest BCUT2D eigenvalue weighted by Gasteiger charge is 2.20. The summed E-state index contributed by atoms with van der Waals surface area (Å²) in [4.78, 5) is 2.13. The summed E-state index contributed by atoms with van der Waals surface area (Å²) < 4.78 is 31.8. The molecule has 4 heteroatoms. The van der Waals surface area contributed by atoms with Gasteiger partial charge in [0.25, 0.3) is 0 Å². The number of halogens is 2. The molecule has 1 saturated heterocycles. The van der Waals surface area contributed by atoms with E-state index < -0.39 is 11.6 Å². The van der Waals surface area contributed by atoms with Crippen LogP contribution in [-0.2, 0) is 11.3 Å². The van der Waals surface area contributed by atoms with E-state index in [1.165, 1.54) is 0 Å². The molecular weight excluding hydrogens is 224 g/mol. The van der Waals surface area contributed by atoms with Gasteiger partial charge < -0.3 is 4.74 Å². The van der Waals surface area contributed by atoms with Gasteiger partial charge in [-0.1, -0.05) is 12.1 Å². The number of rotatable bonds is 3. The number of hydrogen-bond acceptors (Lipinski definition) is 2. The lowest BCUT2D eigenvalue weighted by Crippen LogP contribution is -2.36. The molecule has 0 radical (unpaired) electrons. The van der Waals surface area contributed by atoms with Crippen molar-refractivity contribution >= 4 is 0 Å². The quantitative estimate of drug-likeness (QED) is 0.806. The van der Waals surface area contributed by atoms with Gasteiger partial charge in [-0.3, -0.25) is 4.90 Å². The Morgan fingerprint density at radius 2 is 2.00 bits per heavy atom. The Balaban J connectivity index is 1.95. The van der Waals surface area contributed by atoms with Crippen molar-refractivity contribution in [1.29, 1.82) is 0 Å². The zero-order valence-corrected chi connectivity index (χ0v) is 9.96. The third kappa shape index (κ3) is 3.01. The van der Waals surface area contributed by atoms with Crippen LogP contribution in [0, 0.1) is 11.6 Å². The largest absolute Gasteiger partial charge is 0.381 e. The number of piperidine rings is 1. The molecule has 0 unspecified atom stereocenters. The first-order valence-electron chi connectivity index (χ1n) is 5.88. The second-order valence-corrected chi connectivity index (χ2v) is 4.42. The van der Waals surface area contributed by atoms with Crippen LogP contribution >= 0.6 is 0 Å². The zero-order valence-electron chi connectivity index (χ0n) is 9.96. The van der Waals surface area contributed by atoms with Gasteiger partial charge in [0.15, 0.2) is 11.6 Å². The zero-order chi connectivity index (χ0) is 12.3. The minimum atomic E-state index is -0.769. The molecule has 2 nitrogen and oxygen atoms in total. The van der Waals surface area contributed by atoms with Crippen molar-refractivity contribution < 1.29 is 13.5 Å². The van der Waals surface area contributed by atoms with E-state index in [9.17, 15) is 8.78 Å². The van der Waals surface area contributed by atoms with Crippen molar-refractivity contribution in [1.82, 2.24) is 4.90 Å². The normalized spacial score (nSPS) is 18.5. The van der Waals surface area contributed by atoms with Crippen molar-refractivity contribution in [2.24, 2.45) is 0 Å². The molecule has 0 saturated carbocycles. The molecular formula is C13H17F2NO. The number of methoxy groups -OCH3 is 1. The van der Waals surface area contributed by atoms with Gasteiger partial charge in [-0.05, 0) is 18.9 Å². The summed E-state index contributed by atoms with van der Waals surface area (Å²) in [5.41, 5.74) is 0.431. The van der Waals surface area contributed by atoms with Crippen LogP contribution in [0.4, 0.5) is 8.78 Å². The van der Waals surface area contributed by atoms with Crippen molar-refractivity contribution in [3.63, 3.8) is 0 Å². The molecule has 0 atom stereocenters. The molecule has 0 bridgehead atoms. The summed E-state index contributed by atoms with van der Waals surface area (Å²) >= 11 is 0. The van der Waals surface area contributed by atoms with Gasteiger partial charge in [-0.15, -0.1) is 0 Å². The fraction of sp³-hybridized carbons (Fsp3) is 0.538. The summed E-state index contributed by atoms with van der Waals surface area (Å²) in [6, 6.07) is 4.34. The van der Waals surface area contributed by atoms with E-state index in [1.807, 2.05) is 0 Å². The molecule has 1 aliphatic rings. The molecule has 94 valence electrons. The maximum atomic E-state index is 13.5. The number of benzene rings is 1. The smallest absolute Gasteiger partial charge is 0.163 e. The number of hydrogen-bond donors (Lipinski definition) is 0. The first-order chi connectivity index (χ1) is 8.20. The second kappa shape index (κ2) is 5.56. The minimum Gasteiger partial charge on any atom is -0.381 e. The van der Waals surface area contributed by atoms with Crippen LogP contribution in [0.15, 0.2) is 18.2 Å². The van der Waals surface area contributed by atoms with Crippen LogP contribution in [0.5, 0.6) is 0 Å². The molecule has 0 amide bonds. The molecule has 0 spiro atoms. The molecule has 0 aliphatic carbocycles. The van der Waals surface area contributed by atoms with Gasteiger partial charge in [0, 0.05) is 32.3 Å². The fourth-order valence-electron chi connectivity index (χ4n) is 2.21. The Labute approximate surface area is 100 Å². The van der Waals surface area contributed by atoms with Crippen molar-refractivity contribution in [2.45, 2.75) is 25.5 Å². The van der Waals surface area contributed by atoms with Gasteiger partial charge in [-0.2, -0.15) is 0 Å². The predicted molar refractivity (Wildman–Crippen MR) is 61.7 cm³/mol. The van der Waals surface area contributed by atoms with E-state index in [0.29, 0.717) is 18.2 Å². The second-order valence-electron chi connectivity index (χ2n) is 4.42. The van der Waals surface area contributed by atoms with E-state index in [4.69, 9.17) is 4.74 Å². The molecule has 1 fully saturated rings. The maximum absolute atomic E-state index is 13.5. The Morgan fingerprint density at radius 3 is 2.65 bits per heavy atom. The first kappa shape index (κ1) is 12.5. The molecule has 0 aromatic heterocycles. The summed E-state index contributed by atoms with van der Waals surface area (Å²) in [5.74, 6) is -1.49. The summed E-state index contributed by atoms with van der Waals surface area (Å²) in [5, 5.41) is 0. The summed E-state index contributed by atoms with van der Waals surface area (Å²) in [6.07, 6.45) is 2.21. The van der Waals surface area contributed by atoms with Crippen molar-refractivity contribution in [3.05, 3.63) is 35.4 Å². The summed E-state index contributed by atoms with van der Waals surface area (Å²) in [6.45, 7) is 2.21. The van der Waals surface area contributed by atoms with E-state index >= 15 is 0 Å². The highest BCUT2D eigenvalue weighted by molar-refractivity contribution is 5.18. The Hall–Kier alpha value is -1.00. The van der Waals surface area contributed by atoms with E-state index in [2.05, 4.69) is 4.90 Å². The topological polar surface area (TPSA) is 12.5 Å². The Morgan fingerprint density at radius 1 is 1.29 bits per heavy atom. The van der Waals surface area contributed by atoms with Crippen LogP contribution in [-0.4, -0.2) is 31.2 Å². The third-order valence-electron chi connectivity index (χ3n) is 3.29. The first-order valence-corrected chi connectivity index (χ1v) is 5.88. The van der Waals surface area contributed by atoms with Crippen LogP contribution in [0.25, 0.3) is 0 Å². The van der Waals surface area contributed by atoms with E-state index in [1.54, 1.807) is 19.2 Å². The van der Waals surface area contributed by atoms with Crippen molar-refractivity contribution in [2.75, 3.05) is 20.2 Å². The number of likely N-dealkylation sites (tertiary alicyclic amines) is 1. The molecule has 1 aliphatic heterocycles. The van der Waals surface area contributed by atoms with Crippen LogP contribution < -0.4 is 0 Å². The van der Waals surface area contributed by atoms with Crippen molar-refractivity contribution in [3.8, 4) is 0 Å². The molecule has 1 aromatic carbocycles. The molecule has 1 heterocycles. The molecule has 2 rings (SSSR count). The molecule has 17 heavy (non-hydrogen) atoms. The van der Waals surface area contributed by atoms with Gasteiger partial charge in [-0.25, -0.2) is 8.78 Å². The lowest BCUT2D eigenvalue weighted by Gasteiger charge is -2.31. The van der Waals surface area contributed by atoms with Crippen LogP contribution in [0.3, 0.4) is 0 Å². The van der Waals surface area contributed by atoms with E-state index in [-0.39, 0.29) is 0 Å². The molecule has 0 N–H and O–H groups in total.